The topological polar surface area (TPSA) is 61.8 Å². The molecule has 2 aliphatic heterocycles. The molecule has 0 aliphatic carbocycles. The van der Waals surface area contributed by atoms with E-state index in [0.717, 1.165) is 56.0 Å². The number of hydrogen-bond acceptors (Lipinski definition) is 6. The number of fused-ring (bicyclic) bond motifs is 1. The highest BCUT2D eigenvalue weighted by molar-refractivity contribution is 5.96. The first-order chi connectivity index (χ1) is 22.2. The molecule has 1 amide bonds. The van der Waals surface area contributed by atoms with Crippen LogP contribution in [0.15, 0.2) is 79.3 Å². The molecule has 2 aliphatic rings. The molecule has 1 saturated heterocycles. The zero-order chi connectivity index (χ0) is 32.3. The van der Waals surface area contributed by atoms with Gasteiger partial charge in [0.2, 0.25) is 0 Å². The summed E-state index contributed by atoms with van der Waals surface area (Å²) in [6.07, 6.45) is 1.48. The Balaban J connectivity index is 1.25. The highest BCUT2D eigenvalue weighted by Crippen LogP contribution is 2.34. The molecule has 240 valence electrons. The van der Waals surface area contributed by atoms with E-state index in [4.69, 9.17) is 4.74 Å². The molecule has 4 heterocycles. The number of amides is 1. The normalized spacial score (nSPS) is 17.5. The molecule has 0 radical (unpaired) electrons. The van der Waals surface area contributed by atoms with Gasteiger partial charge in [-0.1, -0.05) is 12.1 Å². The Bertz CT molecular complexity index is 1680. The van der Waals surface area contributed by atoms with Gasteiger partial charge in [-0.05, 0) is 77.2 Å². The molecule has 2 aromatic carbocycles. The highest BCUT2D eigenvalue weighted by Gasteiger charge is 2.35. The van der Waals surface area contributed by atoms with Crippen molar-refractivity contribution in [3.8, 4) is 16.9 Å². The lowest BCUT2D eigenvalue weighted by Crippen LogP contribution is -2.57. The van der Waals surface area contributed by atoms with Crippen LogP contribution < -0.4 is 4.74 Å². The van der Waals surface area contributed by atoms with Crippen molar-refractivity contribution in [2.45, 2.75) is 31.6 Å². The maximum absolute atomic E-state index is 14.2. The van der Waals surface area contributed by atoms with Crippen molar-refractivity contribution in [3.05, 3.63) is 113 Å². The Labute approximate surface area is 265 Å². The van der Waals surface area contributed by atoms with Crippen LogP contribution in [0.25, 0.3) is 11.1 Å². The molecular weight excluding hydrogens is 598 g/mol. The van der Waals surface area contributed by atoms with Crippen molar-refractivity contribution in [3.63, 3.8) is 0 Å². The van der Waals surface area contributed by atoms with Crippen molar-refractivity contribution < 1.29 is 27.1 Å². The predicted octanol–water partition coefficient (Wildman–Crippen LogP) is 5.74. The molecule has 4 aromatic rings. The number of halogens is 4. The van der Waals surface area contributed by atoms with E-state index in [1.54, 1.807) is 29.2 Å². The molecule has 2 aromatic heterocycles. The molecule has 0 spiro atoms. The lowest BCUT2D eigenvalue weighted by atomic mass is 9.97. The van der Waals surface area contributed by atoms with Gasteiger partial charge in [-0.2, -0.15) is 13.2 Å². The zero-order valence-corrected chi connectivity index (χ0v) is 25.5. The number of nitrogens with zero attached hydrogens (tertiary/aromatic N) is 5. The van der Waals surface area contributed by atoms with Crippen LogP contribution in [0.2, 0.25) is 0 Å². The lowest BCUT2D eigenvalue weighted by molar-refractivity contribution is -0.137. The van der Waals surface area contributed by atoms with Crippen molar-refractivity contribution in [2.24, 2.45) is 0 Å². The second-order valence-electron chi connectivity index (χ2n) is 11.8. The van der Waals surface area contributed by atoms with Gasteiger partial charge in [0.05, 0.1) is 12.7 Å². The van der Waals surface area contributed by atoms with Gasteiger partial charge in [-0.3, -0.25) is 24.6 Å². The molecule has 46 heavy (non-hydrogen) atoms. The van der Waals surface area contributed by atoms with Crippen LogP contribution in [-0.2, 0) is 25.6 Å². The summed E-state index contributed by atoms with van der Waals surface area (Å²) in [5.41, 5.74) is 3.05. The first-order valence-electron chi connectivity index (χ1n) is 15.3. The Kier molecular flexibility index (Phi) is 9.32. The van der Waals surface area contributed by atoms with E-state index in [2.05, 4.69) is 25.8 Å². The van der Waals surface area contributed by atoms with Crippen LogP contribution in [0.4, 0.5) is 17.6 Å². The van der Waals surface area contributed by atoms with E-state index in [0.29, 0.717) is 31.6 Å². The van der Waals surface area contributed by atoms with Crippen LogP contribution in [0.3, 0.4) is 0 Å². The molecule has 6 rings (SSSR count). The summed E-state index contributed by atoms with van der Waals surface area (Å²) in [6, 6.07) is 15.0. The average Bonchev–Trinajstić information content (AvgIpc) is 3.07. The quantitative estimate of drug-likeness (QED) is 0.231. The van der Waals surface area contributed by atoms with Gasteiger partial charge >= 0.3 is 6.18 Å². The number of alkyl halides is 3. The minimum Gasteiger partial charge on any atom is -0.494 e. The van der Waals surface area contributed by atoms with Gasteiger partial charge < -0.3 is 9.64 Å². The molecule has 1 fully saturated rings. The molecule has 11 heteroatoms. The van der Waals surface area contributed by atoms with Crippen molar-refractivity contribution in [1.29, 1.82) is 0 Å². The first-order valence-corrected chi connectivity index (χ1v) is 15.3. The highest BCUT2D eigenvalue weighted by atomic mass is 19.4. The summed E-state index contributed by atoms with van der Waals surface area (Å²) in [5, 5.41) is 0. The van der Waals surface area contributed by atoms with Gasteiger partial charge in [0.15, 0.2) is 11.6 Å². The Hall–Kier alpha value is -4.35. The number of carbonyl (C=O) groups is 1. The zero-order valence-electron chi connectivity index (χ0n) is 25.5. The smallest absolute Gasteiger partial charge is 0.416 e. The van der Waals surface area contributed by atoms with E-state index in [-0.39, 0.29) is 22.9 Å². The van der Waals surface area contributed by atoms with Crippen molar-refractivity contribution in [1.82, 2.24) is 24.7 Å². The molecule has 0 unspecified atom stereocenters. The first kappa shape index (κ1) is 31.6. The molecule has 0 N–H and O–H groups in total. The number of ether oxygens (including phenoxy) is 1. The number of methoxy groups -OCH3 is 1. The van der Waals surface area contributed by atoms with E-state index < -0.39 is 23.5 Å². The van der Waals surface area contributed by atoms with Gasteiger partial charge in [0.1, 0.15) is 0 Å². The number of carbonyl (C=O) groups excluding carboxylic acids is 1. The van der Waals surface area contributed by atoms with Crippen LogP contribution >= 0.6 is 0 Å². The standard InChI is InChI=1S/C35H35F4N5O2/c1-46-33-18-24(4-5-31(33)36)17-30-23-43(14-13-42-12-8-32-26(22-42)3-2-9-41-32)15-16-44(30)34(45)28-19-27(25-6-10-40-11-7-25)20-29(21-28)35(37,38)39/h2-7,9-11,18-21,30H,8,12-17,22-23H2,1H3/t30-/m1/s1. The number of hydrogen-bond donors (Lipinski definition) is 0. The van der Waals surface area contributed by atoms with E-state index in [9.17, 15) is 22.4 Å². The second kappa shape index (κ2) is 13.6. The van der Waals surface area contributed by atoms with E-state index in [1.807, 2.05) is 12.3 Å². The van der Waals surface area contributed by atoms with Crippen molar-refractivity contribution in [2.75, 3.05) is 46.4 Å². The predicted molar refractivity (Wildman–Crippen MR) is 166 cm³/mol. The molecule has 7 nitrogen and oxygen atoms in total. The van der Waals surface area contributed by atoms with Gasteiger partial charge in [0.25, 0.3) is 5.91 Å². The van der Waals surface area contributed by atoms with Crippen LogP contribution in [-0.4, -0.2) is 83.0 Å². The van der Waals surface area contributed by atoms with Gasteiger partial charge in [-0.15, -0.1) is 0 Å². The Morgan fingerprint density at radius 1 is 0.935 bits per heavy atom. The summed E-state index contributed by atoms with van der Waals surface area (Å²) in [7, 11) is 1.39. The molecule has 0 saturated carbocycles. The summed E-state index contributed by atoms with van der Waals surface area (Å²) >= 11 is 0. The third-order valence-corrected chi connectivity index (χ3v) is 8.81. The maximum atomic E-state index is 14.2. The fourth-order valence-corrected chi connectivity index (χ4v) is 6.36. The minimum atomic E-state index is -4.63. The van der Waals surface area contributed by atoms with Crippen LogP contribution in [0.5, 0.6) is 5.75 Å². The third kappa shape index (κ3) is 7.21. The summed E-state index contributed by atoms with van der Waals surface area (Å²) < 4.78 is 61.4. The SMILES string of the molecule is COc1cc(C[C@@H]2CN(CCN3CCc4ncccc4C3)CCN2C(=O)c2cc(-c3ccncc3)cc(C(F)(F)F)c2)ccc1F. The maximum Gasteiger partial charge on any atom is 0.416 e. The molecular formula is C35H35F4N5O2. The van der Waals surface area contributed by atoms with Gasteiger partial charge in [0, 0.05) is 88.1 Å². The van der Waals surface area contributed by atoms with Crippen LogP contribution in [0, 0.1) is 5.82 Å². The molecule has 1 atom stereocenters. The number of rotatable bonds is 8. The number of piperazine rings is 1. The third-order valence-electron chi connectivity index (χ3n) is 8.81. The largest absolute Gasteiger partial charge is 0.494 e. The second-order valence-corrected chi connectivity index (χ2v) is 11.8. The molecule has 0 bridgehead atoms. The fraction of sp³-hybridized carbons (Fsp3) is 0.343. The lowest BCUT2D eigenvalue weighted by Gasteiger charge is -2.42. The average molecular weight is 634 g/mol. The van der Waals surface area contributed by atoms with Gasteiger partial charge in [-0.25, -0.2) is 4.39 Å². The van der Waals surface area contributed by atoms with Crippen LogP contribution in [0.1, 0.15) is 32.7 Å². The van der Waals surface area contributed by atoms with E-state index >= 15 is 0 Å². The number of aromatic nitrogens is 2. The number of benzene rings is 2. The monoisotopic (exact) mass is 633 g/mol. The van der Waals surface area contributed by atoms with E-state index in [1.165, 1.54) is 37.2 Å². The fourth-order valence-electron chi connectivity index (χ4n) is 6.36. The Morgan fingerprint density at radius 3 is 2.52 bits per heavy atom. The number of pyridine rings is 2. The van der Waals surface area contributed by atoms with Crippen molar-refractivity contribution >= 4 is 5.91 Å². The minimum absolute atomic E-state index is 0.0302. The summed E-state index contributed by atoms with van der Waals surface area (Å²) in [4.78, 5) is 28.9. The summed E-state index contributed by atoms with van der Waals surface area (Å²) in [6.45, 7) is 4.80. The summed E-state index contributed by atoms with van der Waals surface area (Å²) in [5.74, 6) is -0.863. The Morgan fingerprint density at radius 2 is 1.74 bits per heavy atom.